The molecular weight excluding hydrogens is 440 g/mol. The van der Waals surface area contributed by atoms with Gasteiger partial charge in [-0.2, -0.15) is 5.01 Å². The Hall–Kier alpha value is -3.33. The van der Waals surface area contributed by atoms with E-state index in [9.17, 15) is 14.4 Å². The lowest BCUT2D eigenvalue weighted by molar-refractivity contribution is -0.139. The number of para-hydroxylation sites is 1. The first-order chi connectivity index (χ1) is 15.7. The quantitative estimate of drug-likeness (QED) is 0.683. The van der Waals surface area contributed by atoms with Crippen LogP contribution in [-0.4, -0.2) is 41.0 Å². The molecular formula is C24H26N4O4S. The predicted molar refractivity (Wildman–Crippen MR) is 128 cm³/mol. The van der Waals surface area contributed by atoms with Gasteiger partial charge in [0.1, 0.15) is 5.75 Å². The van der Waals surface area contributed by atoms with Crippen LogP contribution in [0.4, 0.5) is 5.69 Å². The van der Waals surface area contributed by atoms with E-state index in [4.69, 9.17) is 4.74 Å². The number of benzene rings is 2. The van der Waals surface area contributed by atoms with Gasteiger partial charge in [0.05, 0.1) is 12.3 Å². The minimum absolute atomic E-state index is 0.225. The van der Waals surface area contributed by atoms with Crippen molar-refractivity contribution >= 4 is 40.3 Å². The Morgan fingerprint density at radius 3 is 2.52 bits per heavy atom. The minimum atomic E-state index is -1.37. The number of aryl methyl sites for hydroxylation is 2. The van der Waals surface area contributed by atoms with Crippen molar-refractivity contribution in [2.75, 3.05) is 18.1 Å². The third kappa shape index (κ3) is 4.08. The minimum Gasteiger partial charge on any atom is -0.494 e. The molecule has 1 atom stereocenters. The van der Waals surface area contributed by atoms with Gasteiger partial charge >= 0.3 is 0 Å². The summed E-state index contributed by atoms with van der Waals surface area (Å²) in [6, 6.07) is 13.5. The Kier molecular flexibility index (Phi) is 6.16. The number of anilines is 1. The molecule has 3 amide bonds. The molecule has 0 aliphatic carbocycles. The number of rotatable bonds is 5. The van der Waals surface area contributed by atoms with Gasteiger partial charge in [0, 0.05) is 26.0 Å². The molecule has 2 heterocycles. The second kappa shape index (κ2) is 8.90. The van der Waals surface area contributed by atoms with E-state index < -0.39 is 4.87 Å². The third-order valence-corrected chi connectivity index (χ3v) is 6.78. The van der Waals surface area contributed by atoms with E-state index in [1.165, 1.54) is 18.9 Å². The maximum atomic E-state index is 13.9. The number of amides is 3. The Balaban J connectivity index is 1.59. The molecule has 4 rings (SSSR count). The van der Waals surface area contributed by atoms with Crippen LogP contribution in [-0.2, 0) is 19.3 Å². The molecule has 1 unspecified atom stereocenters. The van der Waals surface area contributed by atoms with E-state index in [0.717, 1.165) is 34.3 Å². The highest BCUT2D eigenvalue weighted by molar-refractivity contribution is 8.15. The Bertz CT molecular complexity index is 1150. The molecule has 8 nitrogen and oxygen atoms in total. The summed E-state index contributed by atoms with van der Waals surface area (Å²) < 4.78 is 5.83. The number of hydrogen-bond acceptors (Lipinski definition) is 6. The number of nitrogens with zero attached hydrogens (tertiary/aromatic N) is 3. The standard InChI is InChI=1S/C24H26N4O4S/c1-15-9-11-19(12-10-15)32-14-6-13-27-21-16(2)7-5-8-20(21)24(22(27)31)28(18(4)30)26-23(33-24)25-17(3)29/h5,7-12H,6,13-14H2,1-4H3,(H,25,26,29). The van der Waals surface area contributed by atoms with Crippen molar-refractivity contribution in [3.63, 3.8) is 0 Å². The molecule has 2 aliphatic heterocycles. The van der Waals surface area contributed by atoms with Crippen LogP contribution in [0.15, 0.2) is 47.6 Å². The highest BCUT2D eigenvalue weighted by atomic mass is 32.2. The number of carbonyl (C=O) groups excluding carboxylic acids is 3. The Morgan fingerprint density at radius 2 is 1.85 bits per heavy atom. The molecule has 1 N–H and O–H groups in total. The van der Waals surface area contributed by atoms with Crippen molar-refractivity contribution < 1.29 is 19.1 Å². The van der Waals surface area contributed by atoms with Crippen LogP contribution >= 0.6 is 11.8 Å². The van der Waals surface area contributed by atoms with Crippen LogP contribution in [0.1, 0.15) is 37.0 Å². The number of hydrazone groups is 1. The number of amidine groups is 1. The van der Waals surface area contributed by atoms with Crippen molar-refractivity contribution in [2.45, 2.75) is 39.0 Å². The smallest absolute Gasteiger partial charge is 0.270 e. The molecule has 33 heavy (non-hydrogen) atoms. The molecule has 172 valence electrons. The van der Waals surface area contributed by atoms with E-state index in [1.807, 2.05) is 56.3 Å². The molecule has 0 saturated carbocycles. The van der Waals surface area contributed by atoms with Gasteiger partial charge in [-0.15, -0.1) is 5.10 Å². The van der Waals surface area contributed by atoms with E-state index in [1.54, 1.807) is 4.90 Å². The summed E-state index contributed by atoms with van der Waals surface area (Å²) in [5, 5.41) is 8.31. The zero-order valence-electron chi connectivity index (χ0n) is 19.0. The molecule has 2 aromatic rings. The van der Waals surface area contributed by atoms with Gasteiger partial charge in [-0.25, -0.2) is 0 Å². The van der Waals surface area contributed by atoms with Crippen LogP contribution in [0.2, 0.25) is 0 Å². The normalized spacial score (nSPS) is 19.0. The third-order valence-electron chi connectivity index (χ3n) is 5.54. The van der Waals surface area contributed by atoms with Crippen LogP contribution in [0.5, 0.6) is 5.75 Å². The fourth-order valence-electron chi connectivity index (χ4n) is 4.11. The van der Waals surface area contributed by atoms with Crippen molar-refractivity contribution in [2.24, 2.45) is 5.10 Å². The fraction of sp³-hybridized carbons (Fsp3) is 0.333. The van der Waals surface area contributed by atoms with Crippen molar-refractivity contribution in [1.82, 2.24) is 10.3 Å². The number of thioether (sulfide) groups is 1. The maximum Gasteiger partial charge on any atom is 0.270 e. The summed E-state index contributed by atoms with van der Waals surface area (Å²) >= 11 is 1.09. The number of fused-ring (bicyclic) bond motifs is 2. The predicted octanol–water partition coefficient (Wildman–Crippen LogP) is 3.27. The van der Waals surface area contributed by atoms with Crippen LogP contribution in [0, 0.1) is 13.8 Å². The number of hydrogen-bond donors (Lipinski definition) is 1. The molecule has 9 heteroatoms. The van der Waals surface area contributed by atoms with Crippen LogP contribution < -0.4 is 15.0 Å². The lowest BCUT2D eigenvalue weighted by Gasteiger charge is -2.29. The van der Waals surface area contributed by atoms with Gasteiger partial charge in [0.2, 0.25) is 16.7 Å². The van der Waals surface area contributed by atoms with E-state index >= 15 is 0 Å². The number of carbonyl (C=O) groups is 3. The van der Waals surface area contributed by atoms with E-state index in [0.29, 0.717) is 25.1 Å². The van der Waals surface area contributed by atoms with Gasteiger partial charge in [0.25, 0.3) is 5.91 Å². The number of ether oxygens (including phenoxy) is 1. The highest BCUT2D eigenvalue weighted by Crippen LogP contribution is 2.55. The molecule has 0 aromatic heterocycles. The van der Waals surface area contributed by atoms with Crippen molar-refractivity contribution in [1.29, 1.82) is 0 Å². The summed E-state index contributed by atoms with van der Waals surface area (Å²) in [4.78, 5) is 38.4. The zero-order valence-corrected chi connectivity index (χ0v) is 19.9. The SMILES string of the molecule is CC(=O)NC1=NN(C(C)=O)C2(S1)C(=O)N(CCCOc1ccc(C)cc1)c1c(C)cccc12. The first kappa shape index (κ1) is 22.8. The van der Waals surface area contributed by atoms with E-state index in [-0.39, 0.29) is 22.9 Å². The molecule has 0 bridgehead atoms. The Morgan fingerprint density at radius 1 is 1.12 bits per heavy atom. The van der Waals surface area contributed by atoms with Gasteiger partial charge in [-0.3, -0.25) is 14.4 Å². The Labute approximate surface area is 197 Å². The lowest BCUT2D eigenvalue weighted by atomic mass is 10.0. The van der Waals surface area contributed by atoms with Gasteiger partial charge in [0.15, 0.2) is 5.17 Å². The lowest BCUT2D eigenvalue weighted by Crippen LogP contribution is -2.48. The first-order valence-electron chi connectivity index (χ1n) is 10.7. The maximum absolute atomic E-state index is 13.9. The molecule has 0 fully saturated rings. The monoisotopic (exact) mass is 466 g/mol. The summed E-state index contributed by atoms with van der Waals surface area (Å²) in [5.74, 6) is -0.176. The van der Waals surface area contributed by atoms with Crippen molar-refractivity contribution in [3.05, 3.63) is 59.2 Å². The van der Waals surface area contributed by atoms with Crippen LogP contribution in [0.3, 0.4) is 0 Å². The molecule has 1 spiro atoms. The summed E-state index contributed by atoms with van der Waals surface area (Å²) in [7, 11) is 0. The fourth-order valence-corrected chi connectivity index (χ4v) is 5.44. The number of nitrogens with one attached hydrogen (secondary N) is 1. The molecule has 0 radical (unpaired) electrons. The highest BCUT2D eigenvalue weighted by Gasteiger charge is 2.61. The van der Waals surface area contributed by atoms with Gasteiger partial charge in [-0.1, -0.05) is 35.9 Å². The first-order valence-corrected chi connectivity index (χ1v) is 11.5. The summed E-state index contributed by atoms with van der Waals surface area (Å²) in [6.07, 6.45) is 0.605. The second-order valence-corrected chi connectivity index (χ2v) is 9.29. The molecule has 2 aliphatic rings. The largest absolute Gasteiger partial charge is 0.494 e. The van der Waals surface area contributed by atoms with Gasteiger partial charge < -0.3 is 15.0 Å². The van der Waals surface area contributed by atoms with Crippen molar-refractivity contribution in [3.8, 4) is 5.75 Å². The zero-order chi connectivity index (χ0) is 23.8. The average molecular weight is 467 g/mol. The molecule has 2 aromatic carbocycles. The van der Waals surface area contributed by atoms with Gasteiger partial charge in [-0.05, 0) is 49.7 Å². The van der Waals surface area contributed by atoms with E-state index in [2.05, 4.69) is 10.4 Å². The average Bonchev–Trinajstić information content (AvgIpc) is 3.25. The molecule has 0 saturated heterocycles. The summed E-state index contributed by atoms with van der Waals surface area (Å²) in [6.45, 7) is 7.55. The second-order valence-electron chi connectivity index (χ2n) is 8.11. The van der Waals surface area contributed by atoms with Crippen LogP contribution in [0.25, 0.3) is 0 Å². The topological polar surface area (TPSA) is 91.3 Å². The summed E-state index contributed by atoms with van der Waals surface area (Å²) in [5.41, 5.74) is 3.55.